The Bertz CT molecular complexity index is 748. The van der Waals surface area contributed by atoms with Gasteiger partial charge in [0, 0.05) is 5.56 Å². The van der Waals surface area contributed by atoms with Crippen molar-refractivity contribution in [3.05, 3.63) is 54.1 Å². The second-order valence-electron chi connectivity index (χ2n) is 4.30. The van der Waals surface area contributed by atoms with Crippen LogP contribution < -0.4 is 8.92 Å². The number of hydrogen-bond acceptors (Lipinski definition) is 5. The van der Waals surface area contributed by atoms with Gasteiger partial charge in [0.25, 0.3) is 0 Å². The summed E-state index contributed by atoms with van der Waals surface area (Å²) in [4.78, 5) is 11.2. The molecule has 0 aliphatic heterocycles. The van der Waals surface area contributed by atoms with E-state index in [2.05, 4.69) is 0 Å². The van der Waals surface area contributed by atoms with Gasteiger partial charge in [0.15, 0.2) is 5.78 Å². The van der Waals surface area contributed by atoms with E-state index in [9.17, 15) is 13.2 Å². The van der Waals surface area contributed by atoms with Gasteiger partial charge in [0.2, 0.25) is 0 Å². The first-order valence-electron chi connectivity index (χ1n) is 6.12. The molecule has 2 aromatic carbocycles. The fourth-order valence-corrected chi connectivity index (χ4v) is 2.65. The fraction of sp³-hybridized carbons (Fsp3) is 0.133. The molecule has 0 radical (unpaired) electrons. The lowest BCUT2D eigenvalue weighted by atomic mass is 10.2. The van der Waals surface area contributed by atoms with Crippen LogP contribution in [0.1, 0.15) is 17.3 Å². The number of ether oxygens (including phenoxy) is 1. The van der Waals surface area contributed by atoms with Gasteiger partial charge in [-0.3, -0.25) is 4.79 Å². The zero-order chi connectivity index (χ0) is 15.5. The summed E-state index contributed by atoms with van der Waals surface area (Å²) < 4.78 is 34.3. The van der Waals surface area contributed by atoms with Crippen LogP contribution in [0.5, 0.6) is 11.5 Å². The predicted molar refractivity (Wildman–Crippen MR) is 77.3 cm³/mol. The molecule has 0 bridgehead atoms. The summed E-state index contributed by atoms with van der Waals surface area (Å²) in [5.74, 6) is 0.554. The second-order valence-corrected chi connectivity index (χ2v) is 5.84. The lowest BCUT2D eigenvalue weighted by Crippen LogP contribution is -2.10. The molecule has 0 unspecified atom stereocenters. The SMILES string of the molecule is COc1ccc(OS(=O)(=O)c2cccc(C(C)=O)c2)cc1. The molecule has 0 fully saturated rings. The average molecular weight is 306 g/mol. The molecule has 0 N–H and O–H groups in total. The Hall–Kier alpha value is -2.34. The van der Waals surface area contributed by atoms with E-state index in [-0.39, 0.29) is 16.4 Å². The van der Waals surface area contributed by atoms with Gasteiger partial charge in [-0.2, -0.15) is 8.42 Å². The van der Waals surface area contributed by atoms with E-state index in [4.69, 9.17) is 8.92 Å². The number of benzene rings is 2. The number of carbonyl (C=O) groups excluding carboxylic acids is 1. The quantitative estimate of drug-likeness (QED) is 0.627. The van der Waals surface area contributed by atoms with Crippen molar-refractivity contribution in [2.45, 2.75) is 11.8 Å². The highest BCUT2D eigenvalue weighted by Crippen LogP contribution is 2.22. The molecule has 0 aromatic heterocycles. The molecule has 6 heteroatoms. The van der Waals surface area contributed by atoms with Crippen molar-refractivity contribution in [2.75, 3.05) is 7.11 Å². The van der Waals surface area contributed by atoms with Crippen LogP contribution >= 0.6 is 0 Å². The first kappa shape index (κ1) is 15.1. The summed E-state index contributed by atoms with van der Waals surface area (Å²) in [6.45, 7) is 1.37. The normalized spacial score (nSPS) is 11.0. The van der Waals surface area contributed by atoms with E-state index in [1.54, 1.807) is 18.2 Å². The lowest BCUT2D eigenvalue weighted by molar-refractivity contribution is 0.101. The Morgan fingerprint density at radius 2 is 1.62 bits per heavy atom. The molecule has 0 aliphatic carbocycles. The third-order valence-electron chi connectivity index (χ3n) is 2.79. The molecule has 21 heavy (non-hydrogen) atoms. The summed E-state index contributed by atoms with van der Waals surface area (Å²) >= 11 is 0. The number of carbonyl (C=O) groups is 1. The molecular weight excluding hydrogens is 292 g/mol. The van der Waals surface area contributed by atoms with Gasteiger partial charge < -0.3 is 8.92 Å². The van der Waals surface area contributed by atoms with Gasteiger partial charge >= 0.3 is 10.1 Å². The minimum absolute atomic E-state index is 0.0639. The van der Waals surface area contributed by atoms with E-state index in [1.807, 2.05) is 0 Å². The highest BCUT2D eigenvalue weighted by Gasteiger charge is 2.17. The van der Waals surface area contributed by atoms with E-state index in [0.717, 1.165) is 0 Å². The van der Waals surface area contributed by atoms with Crippen LogP contribution in [0.15, 0.2) is 53.4 Å². The zero-order valence-electron chi connectivity index (χ0n) is 11.6. The summed E-state index contributed by atoms with van der Waals surface area (Å²) in [6, 6.07) is 11.9. The Labute approximate surface area is 123 Å². The van der Waals surface area contributed by atoms with Crippen LogP contribution in [-0.2, 0) is 10.1 Å². The highest BCUT2D eigenvalue weighted by atomic mass is 32.2. The Kier molecular flexibility index (Phi) is 4.28. The number of ketones is 1. The third kappa shape index (κ3) is 3.61. The van der Waals surface area contributed by atoms with Gasteiger partial charge in [-0.1, -0.05) is 12.1 Å². The molecule has 5 nitrogen and oxygen atoms in total. The molecule has 0 heterocycles. The van der Waals surface area contributed by atoms with Gasteiger partial charge in [-0.05, 0) is 43.3 Å². The van der Waals surface area contributed by atoms with Crippen LogP contribution in [0.4, 0.5) is 0 Å². The first-order chi connectivity index (χ1) is 9.92. The smallest absolute Gasteiger partial charge is 0.339 e. The molecule has 0 saturated heterocycles. The Morgan fingerprint density at radius 1 is 1.00 bits per heavy atom. The molecule has 0 amide bonds. The molecule has 0 aliphatic rings. The van der Waals surface area contributed by atoms with Gasteiger partial charge in [0.1, 0.15) is 16.4 Å². The van der Waals surface area contributed by atoms with Crippen molar-refractivity contribution < 1.29 is 22.1 Å². The molecule has 2 rings (SSSR count). The second kappa shape index (κ2) is 5.97. The number of methoxy groups -OCH3 is 1. The summed E-state index contributed by atoms with van der Waals surface area (Å²) in [7, 11) is -2.47. The first-order valence-corrected chi connectivity index (χ1v) is 7.53. The van der Waals surface area contributed by atoms with Gasteiger partial charge in [0.05, 0.1) is 7.11 Å². The minimum atomic E-state index is -3.98. The Morgan fingerprint density at radius 3 is 2.19 bits per heavy atom. The fourth-order valence-electron chi connectivity index (χ4n) is 1.68. The zero-order valence-corrected chi connectivity index (χ0v) is 12.4. The molecule has 0 atom stereocenters. The van der Waals surface area contributed by atoms with Gasteiger partial charge in [-0.15, -0.1) is 0 Å². The minimum Gasteiger partial charge on any atom is -0.497 e. The topological polar surface area (TPSA) is 69.7 Å². The molecular formula is C15H14O5S. The van der Waals surface area contributed by atoms with Crippen LogP contribution in [0.2, 0.25) is 0 Å². The average Bonchev–Trinajstić information content (AvgIpc) is 2.48. The molecule has 2 aromatic rings. The van der Waals surface area contributed by atoms with Crippen LogP contribution in [0, 0.1) is 0 Å². The maximum Gasteiger partial charge on any atom is 0.339 e. The standard InChI is InChI=1S/C15H14O5S/c1-11(16)12-4-3-5-15(10-12)21(17,18)20-14-8-6-13(19-2)7-9-14/h3-10H,1-2H3. The summed E-state index contributed by atoms with van der Waals surface area (Å²) in [5.41, 5.74) is 0.314. The number of Topliss-reactive ketones (excluding diaryl/α,β-unsaturated/α-hetero) is 1. The monoisotopic (exact) mass is 306 g/mol. The van der Waals surface area contributed by atoms with E-state index in [0.29, 0.717) is 11.3 Å². The summed E-state index contributed by atoms with van der Waals surface area (Å²) in [6.07, 6.45) is 0. The van der Waals surface area contributed by atoms with Crippen molar-refractivity contribution in [3.63, 3.8) is 0 Å². The third-order valence-corrected chi connectivity index (χ3v) is 4.04. The van der Waals surface area contributed by atoms with E-state index < -0.39 is 10.1 Å². The van der Waals surface area contributed by atoms with Crippen LogP contribution in [-0.4, -0.2) is 21.3 Å². The van der Waals surface area contributed by atoms with Crippen molar-refractivity contribution in [1.29, 1.82) is 0 Å². The maximum atomic E-state index is 12.2. The lowest BCUT2D eigenvalue weighted by Gasteiger charge is -2.08. The van der Waals surface area contributed by atoms with Gasteiger partial charge in [-0.25, -0.2) is 0 Å². The van der Waals surface area contributed by atoms with Crippen molar-refractivity contribution in [3.8, 4) is 11.5 Å². The van der Waals surface area contributed by atoms with Crippen molar-refractivity contribution in [1.82, 2.24) is 0 Å². The molecule has 110 valence electrons. The number of rotatable bonds is 5. The van der Waals surface area contributed by atoms with Crippen molar-refractivity contribution >= 4 is 15.9 Å². The largest absolute Gasteiger partial charge is 0.497 e. The maximum absolute atomic E-state index is 12.2. The highest BCUT2D eigenvalue weighted by molar-refractivity contribution is 7.87. The summed E-state index contributed by atoms with van der Waals surface area (Å²) in [5, 5.41) is 0. The van der Waals surface area contributed by atoms with Crippen LogP contribution in [0.3, 0.4) is 0 Å². The van der Waals surface area contributed by atoms with Crippen molar-refractivity contribution in [2.24, 2.45) is 0 Å². The molecule has 0 saturated carbocycles. The predicted octanol–water partition coefficient (Wildman–Crippen LogP) is 2.67. The Balaban J connectivity index is 2.29. The van der Waals surface area contributed by atoms with E-state index >= 15 is 0 Å². The van der Waals surface area contributed by atoms with E-state index in [1.165, 1.54) is 44.4 Å². The number of hydrogen-bond donors (Lipinski definition) is 0. The van der Waals surface area contributed by atoms with Crippen LogP contribution in [0.25, 0.3) is 0 Å². The molecule has 0 spiro atoms.